The molecule has 1 amide bonds. The van der Waals surface area contributed by atoms with Gasteiger partial charge in [0.05, 0.1) is 25.4 Å². The smallest absolute Gasteiger partial charge is 0.394 e. The molecule has 0 aliphatic carbocycles. The molecule has 0 saturated carbocycles. The first kappa shape index (κ1) is 40.6. The Morgan fingerprint density at radius 1 is 0.932 bits per heavy atom. The van der Waals surface area contributed by atoms with Gasteiger partial charge in [-0.15, -0.1) is 0 Å². The van der Waals surface area contributed by atoms with E-state index in [1.165, 1.54) is 32.1 Å². The molecule has 0 radical (unpaired) electrons. The molecule has 1 aliphatic heterocycles. The van der Waals surface area contributed by atoms with Crippen molar-refractivity contribution in [3.8, 4) is 0 Å². The molecular formula is C30H55NO12S. The van der Waals surface area contributed by atoms with Crippen LogP contribution < -0.4 is 5.32 Å². The van der Waals surface area contributed by atoms with Crippen LogP contribution in [0.3, 0.4) is 0 Å². The Hall–Kier alpha value is -1.46. The van der Waals surface area contributed by atoms with Crippen LogP contribution in [0.1, 0.15) is 97.3 Å². The van der Waals surface area contributed by atoms with E-state index >= 15 is 0 Å². The van der Waals surface area contributed by atoms with Gasteiger partial charge >= 0.3 is 10.4 Å². The van der Waals surface area contributed by atoms with Crippen LogP contribution in [0, 0.1) is 0 Å². The lowest BCUT2D eigenvalue weighted by Crippen LogP contribution is -2.61. The van der Waals surface area contributed by atoms with Crippen molar-refractivity contribution in [2.45, 2.75) is 146 Å². The summed E-state index contributed by atoms with van der Waals surface area (Å²) in [5.74, 6) is -0.752. The van der Waals surface area contributed by atoms with Crippen LogP contribution in [0.4, 0.5) is 0 Å². The largest absolute Gasteiger partial charge is 0.397 e. The number of hydrogen-bond acceptors (Lipinski definition) is 11. The number of allylic oxidation sites excluding steroid dienone is 3. The minimum atomic E-state index is -5.10. The summed E-state index contributed by atoms with van der Waals surface area (Å²) < 4.78 is 46.7. The van der Waals surface area contributed by atoms with Gasteiger partial charge in [-0.3, -0.25) is 9.35 Å². The van der Waals surface area contributed by atoms with Crippen LogP contribution in [0.2, 0.25) is 0 Å². The highest BCUT2D eigenvalue weighted by atomic mass is 32.3. The summed E-state index contributed by atoms with van der Waals surface area (Å²) in [6.07, 6.45) is 8.30. The molecule has 1 rings (SSSR count). The van der Waals surface area contributed by atoms with E-state index < -0.39 is 78.5 Å². The second kappa shape index (κ2) is 23.0. The fourth-order valence-electron chi connectivity index (χ4n) is 4.74. The van der Waals surface area contributed by atoms with Crippen molar-refractivity contribution in [3.63, 3.8) is 0 Å². The first-order valence-corrected chi connectivity index (χ1v) is 17.2. The Balaban J connectivity index is 2.70. The third kappa shape index (κ3) is 16.7. The molecule has 7 N–H and O–H groups in total. The highest BCUT2D eigenvalue weighted by Crippen LogP contribution is 2.26. The fourth-order valence-corrected chi connectivity index (χ4v) is 5.25. The third-order valence-electron chi connectivity index (χ3n) is 7.38. The number of unbranched alkanes of at least 4 members (excludes halogenated alkanes) is 8. The number of amides is 1. The van der Waals surface area contributed by atoms with Gasteiger partial charge in [-0.25, -0.2) is 4.18 Å². The molecule has 13 nitrogen and oxygen atoms in total. The van der Waals surface area contributed by atoms with E-state index in [-0.39, 0.29) is 6.42 Å². The van der Waals surface area contributed by atoms with E-state index in [0.717, 1.165) is 25.7 Å². The lowest BCUT2D eigenvalue weighted by Gasteiger charge is -2.41. The lowest BCUT2D eigenvalue weighted by atomic mass is 9.99. The van der Waals surface area contributed by atoms with E-state index in [1.54, 1.807) is 6.08 Å². The zero-order chi connectivity index (χ0) is 33.0. The number of rotatable bonds is 24. The topological polar surface area (TPSA) is 212 Å². The minimum Gasteiger partial charge on any atom is -0.394 e. The number of ether oxygens (including phenoxy) is 2. The summed E-state index contributed by atoms with van der Waals surface area (Å²) in [7, 11) is -5.10. The zero-order valence-electron chi connectivity index (χ0n) is 26.1. The van der Waals surface area contributed by atoms with Crippen LogP contribution in [0.15, 0.2) is 24.3 Å². The van der Waals surface area contributed by atoms with Gasteiger partial charge in [0, 0.05) is 6.42 Å². The Bertz CT molecular complexity index is 931. The fraction of sp³-hybridized carbons (Fsp3) is 0.833. The van der Waals surface area contributed by atoms with Gasteiger partial charge < -0.3 is 40.3 Å². The van der Waals surface area contributed by atoms with E-state index in [2.05, 4.69) is 22.5 Å². The maximum atomic E-state index is 12.7. The molecule has 0 aromatic rings. The number of nitrogens with one attached hydrogen (secondary N) is 1. The van der Waals surface area contributed by atoms with Crippen molar-refractivity contribution in [2.24, 2.45) is 0 Å². The van der Waals surface area contributed by atoms with E-state index in [0.29, 0.717) is 19.3 Å². The van der Waals surface area contributed by atoms with E-state index in [9.17, 15) is 38.7 Å². The van der Waals surface area contributed by atoms with Crippen LogP contribution in [0.5, 0.6) is 0 Å². The summed E-state index contributed by atoms with van der Waals surface area (Å²) in [5.41, 5.74) is 0. The lowest BCUT2D eigenvalue weighted by molar-refractivity contribution is -0.298. The number of carbonyl (C=O) groups excluding carboxylic acids is 1. The predicted octanol–water partition coefficient (Wildman–Crippen LogP) is 2.06. The zero-order valence-corrected chi connectivity index (χ0v) is 26.9. The molecule has 1 fully saturated rings. The summed E-state index contributed by atoms with van der Waals surface area (Å²) in [6, 6.07) is -1.06. The van der Waals surface area contributed by atoms with E-state index in [4.69, 9.17) is 14.0 Å². The highest BCUT2D eigenvalue weighted by Gasteiger charge is 2.48. The molecule has 1 aliphatic rings. The monoisotopic (exact) mass is 653 g/mol. The molecule has 0 bridgehead atoms. The van der Waals surface area contributed by atoms with Crippen LogP contribution in [-0.2, 0) is 28.9 Å². The molecule has 1 heterocycles. The first-order chi connectivity index (χ1) is 20.9. The number of aliphatic hydroxyl groups is 5. The molecule has 1 saturated heterocycles. The van der Waals surface area contributed by atoms with Gasteiger partial charge in [0.25, 0.3) is 0 Å². The average molecular weight is 654 g/mol. The summed E-state index contributed by atoms with van der Waals surface area (Å²) in [5, 5.41) is 54.0. The van der Waals surface area contributed by atoms with Crippen molar-refractivity contribution in [1.29, 1.82) is 0 Å². The Kier molecular flexibility index (Phi) is 21.2. The second-order valence-corrected chi connectivity index (χ2v) is 12.2. The van der Waals surface area contributed by atoms with Gasteiger partial charge in [-0.1, -0.05) is 89.5 Å². The molecule has 0 aromatic heterocycles. The van der Waals surface area contributed by atoms with Crippen molar-refractivity contribution >= 4 is 16.3 Å². The van der Waals surface area contributed by atoms with Crippen molar-refractivity contribution < 1.29 is 57.0 Å². The summed E-state index contributed by atoms with van der Waals surface area (Å²) in [6.45, 7) is 2.94. The SMILES string of the molecule is CCCCCCCC/C=C\C/C=C\CC(O)C(=O)NC(COC1OC(CO)C(O)C(OS(=O)(=O)O)C1O)C(O)CCCCC. The van der Waals surface area contributed by atoms with Gasteiger partial charge in [-0.2, -0.15) is 8.42 Å². The molecule has 8 unspecified atom stereocenters. The van der Waals surface area contributed by atoms with Gasteiger partial charge in [0.2, 0.25) is 5.91 Å². The van der Waals surface area contributed by atoms with Gasteiger partial charge in [-0.05, 0) is 25.7 Å². The number of hydrogen-bond donors (Lipinski definition) is 7. The van der Waals surface area contributed by atoms with E-state index in [1.807, 2.05) is 19.1 Å². The molecule has 258 valence electrons. The van der Waals surface area contributed by atoms with Crippen LogP contribution in [0.25, 0.3) is 0 Å². The molecule has 8 atom stereocenters. The van der Waals surface area contributed by atoms with Crippen LogP contribution in [-0.4, -0.2) is 107 Å². The standard InChI is InChI=1S/C30H55NO12S/c1-3-5-7-8-9-10-11-12-13-14-15-17-19-24(34)29(37)31-22(23(33)18-16-6-4-2)21-41-30-27(36)28(43-44(38,39)40)26(35)25(20-32)42-30/h12-13,15,17,22-28,30,32-36H,3-11,14,16,18-21H2,1-2H3,(H,31,37)(H,38,39,40)/b13-12-,17-15-. The second-order valence-electron chi connectivity index (χ2n) is 11.2. The Morgan fingerprint density at radius 2 is 1.57 bits per heavy atom. The number of aliphatic hydroxyl groups excluding tert-OH is 5. The molecule has 0 aromatic carbocycles. The molecular weight excluding hydrogens is 598 g/mol. The maximum absolute atomic E-state index is 12.7. The quantitative estimate of drug-likeness (QED) is 0.0453. The normalized spacial score (nSPS) is 25.0. The predicted molar refractivity (Wildman–Crippen MR) is 164 cm³/mol. The molecule has 0 spiro atoms. The molecule has 14 heteroatoms. The first-order valence-electron chi connectivity index (χ1n) is 15.8. The highest BCUT2D eigenvalue weighted by molar-refractivity contribution is 7.80. The minimum absolute atomic E-state index is 0.0474. The van der Waals surface area contributed by atoms with Crippen molar-refractivity contribution in [1.82, 2.24) is 5.32 Å². The van der Waals surface area contributed by atoms with Gasteiger partial charge in [0.15, 0.2) is 6.29 Å². The Morgan fingerprint density at radius 3 is 2.23 bits per heavy atom. The van der Waals surface area contributed by atoms with Gasteiger partial charge in [0.1, 0.15) is 30.5 Å². The maximum Gasteiger partial charge on any atom is 0.397 e. The number of carbonyl (C=O) groups is 1. The molecule has 44 heavy (non-hydrogen) atoms. The van der Waals surface area contributed by atoms with Crippen molar-refractivity contribution in [3.05, 3.63) is 24.3 Å². The average Bonchev–Trinajstić information content (AvgIpc) is 2.98. The third-order valence-corrected chi connectivity index (χ3v) is 7.85. The van der Waals surface area contributed by atoms with Crippen molar-refractivity contribution in [2.75, 3.05) is 13.2 Å². The van der Waals surface area contributed by atoms with Crippen LogP contribution >= 0.6 is 0 Å². The Labute approximate surface area is 262 Å². The summed E-state index contributed by atoms with van der Waals surface area (Å²) in [4.78, 5) is 12.7. The summed E-state index contributed by atoms with van der Waals surface area (Å²) >= 11 is 0.